The lowest BCUT2D eigenvalue weighted by Gasteiger charge is -2.32. The fourth-order valence-electron chi connectivity index (χ4n) is 2.66. The number of likely N-dealkylation sites (tertiary alicyclic amines) is 1. The van der Waals surface area contributed by atoms with Gasteiger partial charge in [0.1, 0.15) is 0 Å². The Morgan fingerprint density at radius 3 is 2.65 bits per heavy atom. The summed E-state index contributed by atoms with van der Waals surface area (Å²) >= 11 is 1.86. The van der Waals surface area contributed by atoms with Gasteiger partial charge in [0, 0.05) is 23.9 Å². The summed E-state index contributed by atoms with van der Waals surface area (Å²) < 4.78 is 0. The van der Waals surface area contributed by atoms with Gasteiger partial charge in [-0.3, -0.25) is 4.79 Å². The van der Waals surface area contributed by atoms with Crippen molar-refractivity contribution in [1.29, 1.82) is 0 Å². The summed E-state index contributed by atoms with van der Waals surface area (Å²) in [5.41, 5.74) is 0. The number of hydrogen-bond donors (Lipinski definition) is 0. The van der Waals surface area contributed by atoms with Gasteiger partial charge in [-0.1, -0.05) is 6.07 Å². The molecule has 0 aromatic carbocycles. The van der Waals surface area contributed by atoms with E-state index in [2.05, 4.69) is 22.4 Å². The van der Waals surface area contributed by atoms with Crippen LogP contribution in [0.5, 0.6) is 0 Å². The van der Waals surface area contributed by atoms with E-state index in [9.17, 15) is 4.79 Å². The molecule has 92 valence electrons. The fourth-order valence-corrected chi connectivity index (χ4v) is 3.48. The molecule has 3 rings (SSSR count). The highest BCUT2D eigenvalue weighted by Gasteiger charge is 2.34. The highest BCUT2D eigenvalue weighted by molar-refractivity contribution is 7.09. The lowest BCUT2D eigenvalue weighted by molar-refractivity contribution is -0.133. The van der Waals surface area contributed by atoms with Crippen molar-refractivity contribution in [3.05, 3.63) is 22.4 Å². The van der Waals surface area contributed by atoms with Crippen molar-refractivity contribution in [2.24, 2.45) is 11.8 Å². The molecule has 0 unspecified atom stereocenters. The maximum Gasteiger partial charge on any atom is 0.225 e. The molecular formula is C14H19NOS. The topological polar surface area (TPSA) is 20.3 Å². The van der Waals surface area contributed by atoms with Gasteiger partial charge in [-0.05, 0) is 49.5 Å². The molecule has 1 aliphatic carbocycles. The average molecular weight is 249 g/mol. The van der Waals surface area contributed by atoms with Gasteiger partial charge >= 0.3 is 0 Å². The summed E-state index contributed by atoms with van der Waals surface area (Å²) in [5, 5.41) is 2.15. The second kappa shape index (κ2) is 4.81. The third-order valence-corrected chi connectivity index (χ3v) is 4.82. The van der Waals surface area contributed by atoms with Crippen LogP contribution in [0.3, 0.4) is 0 Å². The maximum atomic E-state index is 11.9. The van der Waals surface area contributed by atoms with Gasteiger partial charge < -0.3 is 4.90 Å². The minimum Gasteiger partial charge on any atom is -0.342 e. The highest BCUT2D eigenvalue weighted by Crippen LogP contribution is 2.33. The van der Waals surface area contributed by atoms with E-state index < -0.39 is 0 Å². The Hall–Kier alpha value is -0.830. The number of amides is 1. The number of carbonyl (C=O) groups is 1. The number of piperidine rings is 1. The van der Waals surface area contributed by atoms with Gasteiger partial charge in [-0.15, -0.1) is 11.3 Å². The zero-order valence-corrected chi connectivity index (χ0v) is 10.9. The van der Waals surface area contributed by atoms with Gasteiger partial charge in [0.05, 0.1) is 0 Å². The van der Waals surface area contributed by atoms with Gasteiger partial charge in [0.25, 0.3) is 0 Å². The first kappa shape index (κ1) is 11.3. The molecule has 1 aromatic rings. The molecule has 3 heteroatoms. The average Bonchev–Trinajstić information content (AvgIpc) is 3.09. The second-order valence-electron chi connectivity index (χ2n) is 5.33. The van der Waals surface area contributed by atoms with E-state index in [0.717, 1.165) is 31.8 Å². The SMILES string of the molecule is O=C(C1CC1)N1CCC(Cc2cccs2)CC1. The first-order valence-corrected chi connectivity index (χ1v) is 7.52. The molecule has 0 radical (unpaired) electrons. The van der Waals surface area contributed by atoms with Crippen LogP contribution in [0.2, 0.25) is 0 Å². The van der Waals surface area contributed by atoms with Crippen molar-refractivity contribution in [2.75, 3.05) is 13.1 Å². The summed E-state index contributed by atoms with van der Waals surface area (Å²) in [6, 6.07) is 4.36. The van der Waals surface area contributed by atoms with Crippen LogP contribution in [0.15, 0.2) is 17.5 Å². The Labute approximate surface area is 107 Å². The molecule has 1 saturated heterocycles. The van der Waals surface area contributed by atoms with Crippen molar-refractivity contribution in [1.82, 2.24) is 4.90 Å². The summed E-state index contributed by atoms with van der Waals surface area (Å²) in [4.78, 5) is 15.5. The van der Waals surface area contributed by atoms with E-state index in [1.807, 2.05) is 11.3 Å². The van der Waals surface area contributed by atoms with Crippen LogP contribution in [0.4, 0.5) is 0 Å². The molecule has 0 bridgehead atoms. The number of hydrogen-bond acceptors (Lipinski definition) is 2. The fraction of sp³-hybridized carbons (Fsp3) is 0.643. The molecule has 17 heavy (non-hydrogen) atoms. The molecule has 1 saturated carbocycles. The molecule has 2 aliphatic rings. The predicted octanol–water partition coefficient (Wildman–Crippen LogP) is 2.94. The quantitative estimate of drug-likeness (QED) is 0.806. The van der Waals surface area contributed by atoms with Crippen LogP contribution < -0.4 is 0 Å². The highest BCUT2D eigenvalue weighted by atomic mass is 32.1. The molecule has 0 N–H and O–H groups in total. The Morgan fingerprint density at radius 2 is 2.06 bits per heavy atom. The molecule has 0 atom stereocenters. The van der Waals surface area contributed by atoms with Crippen molar-refractivity contribution in [3.8, 4) is 0 Å². The second-order valence-corrected chi connectivity index (χ2v) is 6.36. The van der Waals surface area contributed by atoms with Crippen LogP contribution >= 0.6 is 11.3 Å². The van der Waals surface area contributed by atoms with Crippen molar-refractivity contribution in [2.45, 2.75) is 32.1 Å². The zero-order valence-electron chi connectivity index (χ0n) is 10.1. The van der Waals surface area contributed by atoms with Crippen LogP contribution in [0.1, 0.15) is 30.6 Å². The van der Waals surface area contributed by atoms with Crippen LogP contribution in [0.25, 0.3) is 0 Å². The van der Waals surface area contributed by atoms with E-state index in [4.69, 9.17) is 0 Å². The summed E-state index contributed by atoms with van der Waals surface area (Å²) in [6.07, 6.45) is 5.86. The molecule has 0 spiro atoms. The lowest BCUT2D eigenvalue weighted by Crippen LogP contribution is -2.39. The third-order valence-electron chi connectivity index (χ3n) is 3.92. The van der Waals surface area contributed by atoms with E-state index in [1.54, 1.807) is 0 Å². The first-order valence-electron chi connectivity index (χ1n) is 6.64. The number of carbonyl (C=O) groups excluding carboxylic acids is 1. The van der Waals surface area contributed by atoms with E-state index >= 15 is 0 Å². The Kier molecular flexibility index (Phi) is 3.19. The zero-order chi connectivity index (χ0) is 11.7. The molecule has 1 aliphatic heterocycles. The normalized spacial score (nSPS) is 21.8. The summed E-state index contributed by atoms with van der Waals surface area (Å²) in [7, 11) is 0. The summed E-state index contributed by atoms with van der Waals surface area (Å²) in [6.45, 7) is 1.98. The first-order chi connectivity index (χ1) is 8.33. The molecule has 2 fully saturated rings. The van der Waals surface area contributed by atoms with Crippen LogP contribution in [-0.2, 0) is 11.2 Å². The largest absolute Gasteiger partial charge is 0.342 e. The number of thiophene rings is 1. The Bertz CT molecular complexity index is 375. The van der Waals surface area contributed by atoms with Gasteiger partial charge in [-0.2, -0.15) is 0 Å². The standard InChI is InChI=1S/C14H19NOS/c16-14(12-3-4-12)15-7-5-11(6-8-15)10-13-2-1-9-17-13/h1-2,9,11-12H,3-8,10H2. The third kappa shape index (κ3) is 2.71. The van der Waals surface area contributed by atoms with E-state index in [0.29, 0.717) is 11.8 Å². The monoisotopic (exact) mass is 249 g/mol. The Morgan fingerprint density at radius 1 is 1.29 bits per heavy atom. The van der Waals surface area contributed by atoms with E-state index in [1.165, 1.54) is 24.1 Å². The van der Waals surface area contributed by atoms with Gasteiger partial charge in [-0.25, -0.2) is 0 Å². The molecule has 2 nitrogen and oxygen atoms in total. The lowest BCUT2D eigenvalue weighted by atomic mass is 9.93. The van der Waals surface area contributed by atoms with Gasteiger partial charge in [0.2, 0.25) is 5.91 Å². The summed E-state index contributed by atoms with van der Waals surface area (Å²) in [5.74, 6) is 1.61. The van der Waals surface area contributed by atoms with Crippen molar-refractivity contribution >= 4 is 17.2 Å². The van der Waals surface area contributed by atoms with Crippen LogP contribution in [0, 0.1) is 11.8 Å². The maximum absolute atomic E-state index is 11.9. The van der Waals surface area contributed by atoms with Crippen molar-refractivity contribution < 1.29 is 4.79 Å². The molecular weight excluding hydrogens is 230 g/mol. The molecule has 1 aromatic heterocycles. The minimum atomic E-state index is 0.392. The predicted molar refractivity (Wildman–Crippen MR) is 70.1 cm³/mol. The minimum absolute atomic E-state index is 0.392. The number of nitrogens with zero attached hydrogens (tertiary/aromatic N) is 1. The number of rotatable bonds is 3. The van der Waals surface area contributed by atoms with Gasteiger partial charge in [0.15, 0.2) is 0 Å². The molecule has 2 heterocycles. The van der Waals surface area contributed by atoms with Crippen molar-refractivity contribution in [3.63, 3.8) is 0 Å². The Balaban J connectivity index is 1.48. The van der Waals surface area contributed by atoms with Crippen LogP contribution in [-0.4, -0.2) is 23.9 Å². The smallest absolute Gasteiger partial charge is 0.225 e. The molecule has 1 amide bonds. The van der Waals surface area contributed by atoms with E-state index in [-0.39, 0.29) is 0 Å².